The molecule has 150 valence electrons. The van der Waals surface area contributed by atoms with Crippen molar-refractivity contribution in [3.05, 3.63) is 29.3 Å². The van der Waals surface area contributed by atoms with Crippen molar-refractivity contribution in [2.45, 2.75) is 17.7 Å². The molecule has 0 aliphatic carbocycles. The van der Waals surface area contributed by atoms with Gasteiger partial charge in [-0.25, -0.2) is 13.1 Å². The molecule has 1 aliphatic rings. The number of ether oxygens (including phenoxy) is 1. The van der Waals surface area contributed by atoms with Crippen LogP contribution in [0.4, 0.5) is 0 Å². The van der Waals surface area contributed by atoms with Gasteiger partial charge in [-0.3, -0.25) is 9.79 Å². The molecule has 1 aliphatic heterocycles. The zero-order valence-electron chi connectivity index (χ0n) is 15.4. The molecule has 0 amide bonds. The lowest BCUT2D eigenvalue weighted by molar-refractivity contribution is -0.146. The van der Waals surface area contributed by atoms with E-state index in [1.165, 1.54) is 19.2 Å². The highest BCUT2D eigenvalue weighted by Crippen LogP contribution is 2.18. The summed E-state index contributed by atoms with van der Waals surface area (Å²) in [7, 11) is -0.537. The minimum absolute atomic E-state index is 0.0751. The average molecular weight is 417 g/mol. The number of benzene rings is 1. The summed E-state index contributed by atoms with van der Waals surface area (Å²) in [5, 5.41) is 3.51. The van der Waals surface area contributed by atoms with Crippen molar-refractivity contribution in [2.75, 3.05) is 40.3 Å². The minimum atomic E-state index is -3.61. The monoisotopic (exact) mass is 416 g/mol. The predicted molar refractivity (Wildman–Crippen MR) is 104 cm³/mol. The standard InChI is InChI=1S/C17H25ClN4O4S/c1-19-17(22-10-6-13(7-11-22)16(23)26-2)20-8-9-21-27(24,25)15-5-3-4-14(18)12-15/h3-5,12-13,21H,6-11H2,1-2H3,(H,19,20). The van der Waals surface area contributed by atoms with Crippen molar-refractivity contribution in [1.82, 2.24) is 14.9 Å². The Morgan fingerprint density at radius 1 is 1.33 bits per heavy atom. The Labute approximate surface area is 165 Å². The van der Waals surface area contributed by atoms with Gasteiger partial charge in [0.15, 0.2) is 5.96 Å². The summed E-state index contributed by atoms with van der Waals surface area (Å²) in [6.07, 6.45) is 1.41. The maximum absolute atomic E-state index is 12.2. The van der Waals surface area contributed by atoms with Gasteiger partial charge in [0, 0.05) is 38.2 Å². The molecular weight excluding hydrogens is 392 g/mol. The van der Waals surface area contributed by atoms with E-state index in [0.717, 1.165) is 0 Å². The highest BCUT2D eigenvalue weighted by atomic mass is 35.5. The molecule has 2 N–H and O–H groups in total. The van der Waals surface area contributed by atoms with Crippen LogP contribution in [0.5, 0.6) is 0 Å². The Balaban J connectivity index is 1.79. The molecule has 27 heavy (non-hydrogen) atoms. The third-order valence-electron chi connectivity index (χ3n) is 4.35. The van der Waals surface area contributed by atoms with Crippen LogP contribution < -0.4 is 10.0 Å². The average Bonchev–Trinajstić information content (AvgIpc) is 2.67. The first-order valence-electron chi connectivity index (χ1n) is 8.66. The molecule has 1 heterocycles. The first-order valence-corrected chi connectivity index (χ1v) is 10.5. The summed E-state index contributed by atoms with van der Waals surface area (Å²) < 4.78 is 31.8. The fraction of sp³-hybridized carbons (Fsp3) is 0.529. The molecule has 8 nitrogen and oxygen atoms in total. The highest BCUT2D eigenvalue weighted by molar-refractivity contribution is 7.89. The SMILES string of the molecule is CN=C(NCCNS(=O)(=O)c1cccc(Cl)c1)N1CCC(C(=O)OC)CC1. The number of sulfonamides is 1. The Morgan fingerprint density at radius 2 is 2.04 bits per heavy atom. The third-order valence-corrected chi connectivity index (χ3v) is 6.04. The van der Waals surface area contributed by atoms with Crippen molar-refractivity contribution in [3.8, 4) is 0 Å². The molecule has 1 aromatic rings. The van der Waals surface area contributed by atoms with Crippen molar-refractivity contribution in [3.63, 3.8) is 0 Å². The van der Waals surface area contributed by atoms with Crippen LogP contribution in [-0.2, 0) is 19.6 Å². The molecule has 0 atom stereocenters. The van der Waals surface area contributed by atoms with Crippen molar-refractivity contribution in [2.24, 2.45) is 10.9 Å². The van der Waals surface area contributed by atoms with Gasteiger partial charge in [-0.2, -0.15) is 0 Å². The van der Waals surface area contributed by atoms with E-state index >= 15 is 0 Å². The second kappa shape index (κ2) is 9.91. The number of hydrogen-bond donors (Lipinski definition) is 2. The summed E-state index contributed by atoms with van der Waals surface area (Å²) in [6.45, 7) is 1.96. The summed E-state index contributed by atoms with van der Waals surface area (Å²) in [5.74, 6) is 0.433. The minimum Gasteiger partial charge on any atom is -0.469 e. The largest absolute Gasteiger partial charge is 0.469 e. The number of esters is 1. The molecule has 0 radical (unpaired) electrons. The Bertz CT molecular complexity index is 777. The van der Waals surface area contributed by atoms with E-state index in [9.17, 15) is 13.2 Å². The van der Waals surface area contributed by atoms with Crippen LogP contribution in [0.1, 0.15) is 12.8 Å². The van der Waals surface area contributed by atoms with Gasteiger partial charge < -0.3 is 15.0 Å². The van der Waals surface area contributed by atoms with E-state index in [1.807, 2.05) is 4.90 Å². The molecule has 0 spiro atoms. The molecule has 0 unspecified atom stereocenters. The number of nitrogens with one attached hydrogen (secondary N) is 2. The topological polar surface area (TPSA) is 100 Å². The molecule has 1 aromatic carbocycles. The van der Waals surface area contributed by atoms with E-state index in [4.69, 9.17) is 16.3 Å². The lowest BCUT2D eigenvalue weighted by Crippen LogP contribution is -2.48. The number of halogens is 1. The zero-order valence-corrected chi connectivity index (χ0v) is 17.0. The number of likely N-dealkylation sites (tertiary alicyclic amines) is 1. The summed E-state index contributed by atoms with van der Waals surface area (Å²) >= 11 is 5.84. The van der Waals surface area contributed by atoms with Crippen LogP contribution in [0, 0.1) is 5.92 Å². The summed E-state index contributed by atoms with van der Waals surface area (Å²) in [6, 6.07) is 6.11. The van der Waals surface area contributed by atoms with Crippen LogP contribution >= 0.6 is 11.6 Å². The molecule has 10 heteroatoms. The normalized spacial score (nSPS) is 16.3. The number of carbonyl (C=O) groups excluding carboxylic acids is 1. The molecule has 2 rings (SSSR count). The van der Waals surface area contributed by atoms with Gasteiger partial charge in [-0.15, -0.1) is 0 Å². The van der Waals surface area contributed by atoms with E-state index in [-0.39, 0.29) is 23.3 Å². The van der Waals surface area contributed by atoms with E-state index in [0.29, 0.717) is 43.5 Å². The Kier molecular flexibility index (Phi) is 7.88. The predicted octanol–water partition coefficient (Wildman–Crippen LogP) is 1.08. The molecule has 1 saturated heterocycles. The molecule has 0 aromatic heterocycles. The number of methoxy groups -OCH3 is 1. The van der Waals surface area contributed by atoms with Crippen LogP contribution in [0.3, 0.4) is 0 Å². The van der Waals surface area contributed by atoms with Crippen LogP contribution in [-0.4, -0.2) is 65.6 Å². The number of carbonyl (C=O) groups is 1. The molecular formula is C17H25ClN4O4S. The van der Waals surface area contributed by atoms with Crippen molar-refractivity contribution in [1.29, 1.82) is 0 Å². The molecule has 0 bridgehead atoms. The second-order valence-electron chi connectivity index (χ2n) is 6.11. The van der Waals surface area contributed by atoms with Gasteiger partial charge in [0.25, 0.3) is 0 Å². The zero-order chi connectivity index (χ0) is 19.9. The second-order valence-corrected chi connectivity index (χ2v) is 8.32. The highest BCUT2D eigenvalue weighted by Gasteiger charge is 2.26. The van der Waals surface area contributed by atoms with Crippen LogP contribution in [0.2, 0.25) is 5.02 Å². The first-order chi connectivity index (χ1) is 12.9. The number of rotatable bonds is 6. The molecule has 1 fully saturated rings. The summed E-state index contributed by atoms with van der Waals surface area (Å²) in [4.78, 5) is 18.0. The molecule has 0 saturated carbocycles. The Morgan fingerprint density at radius 3 is 2.63 bits per heavy atom. The quantitative estimate of drug-likeness (QED) is 0.311. The number of hydrogen-bond acceptors (Lipinski definition) is 5. The maximum atomic E-state index is 12.2. The fourth-order valence-corrected chi connectivity index (χ4v) is 4.24. The third kappa shape index (κ3) is 6.08. The van der Waals surface area contributed by atoms with Gasteiger partial charge in [-0.05, 0) is 31.0 Å². The fourth-order valence-electron chi connectivity index (χ4n) is 2.90. The van der Waals surface area contributed by atoms with E-state index in [2.05, 4.69) is 15.0 Å². The smallest absolute Gasteiger partial charge is 0.308 e. The van der Waals surface area contributed by atoms with Crippen molar-refractivity contribution < 1.29 is 17.9 Å². The van der Waals surface area contributed by atoms with Crippen LogP contribution in [0.15, 0.2) is 34.2 Å². The van der Waals surface area contributed by atoms with Crippen LogP contribution in [0.25, 0.3) is 0 Å². The number of piperidine rings is 1. The van der Waals surface area contributed by atoms with E-state index in [1.54, 1.807) is 19.2 Å². The van der Waals surface area contributed by atoms with Gasteiger partial charge in [0.2, 0.25) is 10.0 Å². The lowest BCUT2D eigenvalue weighted by atomic mass is 9.97. The van der Waals surface area contributed by atoms with Gasteiger partial charge in [0.05, 0.1) is 17.9 Å². The summed E-state index contributed by atoms with van der Waals surface area (Å²) in [5.41, 5.74) is 0. The number of aliphatic imine (C=N–C) groups is 1. The number of nitrogens with zero attached hydrogens (tertiary/aromatic N) is 2. The van der Waals surface area contributed by atoms with Gasteiger partial charge in [-0.1, -0.05) is 17.7 Å². The lowest BCUT2D eigenvalue weighted by Gasteiger charge is -2.33. The number of guanidine groups is 1. The van der Waals surface area contributed by atoms with E-state index < -0.39 is 10.0 Å². The Hall–Kier alpha value is -1.84. The maximum Gasteiger partial charge on any atom is 0.308 e. The van der Waals surface area contributed by atoms with Gasteiger partial charge >= 0.3 is 5.97 Å². The first kappa shape index (κ1) is 21.5. The van der Waals surface area contributed by atoms with Gasteiger partial charge in [0.1, 0.15) is 0 Å². The van der Waals surface area contributed by atoms with Crippen molar-refractivity contribution >= 4 is 33.6 Å².